The summed E-state index contributed by atoms with van der Waals surface area (Å²) in [5.74, 6) is 0. The minimum absolute atomic E-state index is 0.0272. The molecule has 2 heterocycles. The largest absolute Gasteiger partial charge is 0.321 e. The molecule has 0 saturated carbocycles. The normalized spacial score (nSPS) is 15.5. The number of likely N-dealkylation sites (N-methyl/N-ethyl adjacent to an activating group) is 1. The SMILES string of the molecule is Cc1cccc2c(=O)[nH]c(-c3ccc(CN4CC(N(C)C)C4)cc3)cc12. The highest BCUT2D eigenvalue weighted by atomic mass is 16.1. The molecule has 3 aromatic rings. The Hall–Kier alpha value is -2.43. The Kier molecular flexibility index (Phi) is 4.39. The van der Waals surface area contributed by atoms with E-state index in [4.69, 9.17) is 0 Å². The van der Waals surface area contributed by atoms with Gasteiger partial charge in [-0.05, 0) is 55.2 Å². The van der Waals surface area contributed by atoms with E-state index in [1.165, 1.54) is 5.56 Å². The van der Waals surface area contributed by atoms with Crippen LogP contribution in [-0.2, 0) is 6.54 Å². The summed E-state index contributed by atoms with van der Waals surface area (Å²) in [6, 6.07) is 17.2. The fourth-order valence-electron chi connectivity index (χ4n) is 3.64. The number of aryl methyl sites for hydroxylation is 1. The van der Waals surface area contributed by atoms with Gasteiger partial charge in [-0.2, -0.15) is 0 Å². The molecule has 1 N–H and O–H groups in total. The van der Waals surface area contributed by atoms with E-state index in [2.05, 4.69) is 59.2 Å². The van der Waals surface area contributed by atoms with Gasteiger partial charge in [-0.3, -0.25) is 9.69 Å². The second-order valence-electron chi connectivity index (χ2n) is 7.56. The maximum atomic E-state index is 12.4. The Balaban J connectivity index is 1.55. The van der Waals surface area contributed by atoms with Crippen LogP contribution in [0.25, 0.3) is 22.0 Å². The van der Waals surface area contributed by atoms with Crippen LogP contribution in [0, 0.1) is 6.92 Å². The van der Waals surface area contributed by atoms with Crippen molar-refractivity contribution in [2.75, 3.05) is 27.2 Å². The highest BCUT2D eigenvalue weighted by Crippen LogP contribution is 2.23. The molecule has 1 fully saturated rings. The van der Waals surface area contributed by atoms with Gasteiger partial charge in [-0.1, -0.05) is 36.4 Å². The Bertz CT molecular complexity index is 982. The first-order chi connectivity index (χ1) is 12.5. The van der Waals surface area contributed by atoms with Crippen LogP contribution in [0.3, 0.4) is 0 Å². The topological polar surface area (TPSA) is 39.3 Å². The van der Waals surface area contributed by atoms with E-state index in [-0.39, 0.29) is 5.56 Å². The lowest BCUT2D eigenvalue weighted by Gasteiger charge is -2.42. The molecule has 1 aliphatic rings. The van der Waals surface area contributed by atoms with Crippen molar-refractivity contribution in [3.63, 3.8) is 0 Å². The Morgan fingerprint density at radius 2 is 1.81 bits per heavy atom. The van der Waals surface area contributed by atoms with E-state index in [0.29, 0.717) is 6.04 Å². The summed E-state index contributed by atoms with van der Waals surface area (Å²) in [6.07, 6.45) is 0. The van der Waals surface area contributed by atoms with E-state index >= 15 is 0 Å². The number of nitrogens with zero attached hydrogens (tertiary/aromatic N) is 2. The van der Waals surface area contributed by atoms with E-state index in [9.17, 15) is 4.79 Å². The number of aromatic amines is 1. The van der Waals surface area contributed by atoms with Crippen molar-refractivity contribution in [3.05, 3.63) is 70.0 Å². The lowest BCUT2D eigenvalue weighted by molar-refractivity contribution is 0.0574. The summed E-state index contributed by atoms with van der Waals surface area (Å²) in [6.45, 7) is 5.29. The van der Waals surface area contributed by atoms with Crippen molar-refractivity contribution in [1.29, 1.82) is 0 Å². The fourth-order valence-corrected chi connectivity index (χ4v) is 3.64. The summed E-state index contributed by atoms with van der Waals surface area (Å²) in [4.78, 5) is 20.2. The van der Waals surface area contributed by atoms with Gasteiger partial charge < -0.3 is 9.88 Å². The number of hydrogen-bond donors (Lipinski definition) is 1. The summed E-state index contributed by atoms with van der Waals surface area (Å²) in [7, 11) is 4.28. The average molecular weight is 347 g/mol. The van der Waals surface area contributed by atoms with Crippen molar-refractivity contribution in [2.24, 2.45) is 0 Å². The molecule has 1 aliphatic heterocycles. The lowest BCUT2D eigenvalue weighted by atomic mass is 10.0. The zero-order valence-corrected chi connectivity index (χ0v) is 15.6. The van der Waals surface area contributed by atoms with Crippen LogP contribution in [0.5, 0.6) is 0 Å². The third-order valence-corrected chi connectivity index (χ3v) is 5.44. The predicted molar refractivity (Wildman–Crippen MR) is 107 cm³/mol. The first-order valence-corrected chi connectivity index (χ1v) is 9.12. The number of hydrogen-bond acceptors (Lipinski definition) is 3. The minimum Gasteiger partial charge on any atom is -0.321 e. The van der Waals surface area contributed by atoms with Gasteiger partial charge in [0.25, 0.3) is 5.56 Å². The first-order valence-electron chi connectivity index (χ1n) is 9.12. The molecule has 26 heavy (non-hydrogen) atoms. The average Bonchev–Trinajstić information content (AvgIpc) is 2.59. The molecule has 0 aliphatic carbocycles. The zero-order valence-electron chi connectivity index (χ0n) is 15.6. The smallest absolute Gasteiger partial charge is 0.256 e. The number of fused-ring (bicyclic) bond motifs is 1. The Morgan fingerprint density at radius 3 is 2.50 bits per heavy atom. The molecule has 4 rings (SSSR count). The van der Waals surface area contributed by atoms with Crippen LogP contribution in [-0.4, -0.2) is 48.0 Å². The Morgan fingerprint density at radius 1 is 1.08 bits per heavy atom. The number of rotatable bonds is 4. The summed E-state index contributed by atoms with van der Waals surface area (Å²) < 4.78 is 0. The van der Waals surface area contributed by atoms with Crippen molar-refractivity contribution in [3.8, 4) is 11.3 Å². The van der Waals surface area contributed by atoms with Crippen molar-refractivity contribution in [1.82, 2.24) is 14.8 Å². The third-order valence-electron chi connectivity index (χ3n) is 5.44. The molecule has 0 bridgehead atoms. The van der Waals surface area contributed by atoms with Gasteiger partial charge in [-0.25, -0.2) is 0 Å². The van der Waals surface area contributed by atoms with Gasteiger partial charge >= 0.3 is 0 Å². The van der Waals surface area contributed by atoms with Crippen LogP contribution in [0.15, 0.2) is 53.3 Å². The maximum Gasteiger partial charge on any atom is 0.256 e. The van der Waals surface area contributed by atoms with E-state index in [0.717, 1.165) is 47.2 Å². The summed E-state index contributed by atoms with van der Waals surface area (Å²) in [5, 5.41) is 1.77. The molecule has 0 amide bonds. The van der Waals surface area contributed by atoms with Crippen LogP contribution >= 0.6 is 0 Å². The van der Waals surface area contributed by atoms with Crippen molar-refractivity contribution in [2.45, 2.75) is 19.5 Å². The van der Waals surface area contributed by atoms with Crippen LogP contribution in [0.1, 0.15) is 11.1 Å². The maximum absolute atomic E-state index is 12.4. The molecule has 0 atom stereocenters. The van der Waals surface area contributed by atoms with Gasteiger partial charge in [0, 0.05) is 36.8 Å². The zero-order chi connectivity index (χ0) is 18.3. The van der Waals surface area contributed by atoms with Gasteiger partial charge in [0.05, 0.1) is 0 Å². The van der Waals surface area contributed by atoms with Gasteiger partial charge in [0.2, 0.25) is 0 Å². The molecule has 4 nitrogen and oxygen atoms in total. The third kappa shape index (κ3) is 3.18. The molecular weight excluding hydrogens is 322 g/mol. The van der Waals surface area contributed by atoms with Gasteiger partial charge in [-0.15, -0.1) is 0 Å². The molecule has 1 saturated heterocycles. The number of likely N-dealkylation sites (tertiary alicyclic amines) is 1. The summed E-state index contributed by atoms with van der Waals surface area (Å²) in [5.41, 5.74) is 4.33. The second kappa shape index (κ2) is 6.71. The van der Waals surface area contributed by atoms with E-state index in [1.54, 1.807) is 0 Å². The van der Waals surface area contributed by atoms with E-state index in [1.807, 2.05) is 25.1 Å². The molecule has 0 radical (unpaired) electrons. The molecular formula is C22H25N3O. The van der Waals surface area contributed by atoms with Crippen molar-refractivity contribution >= 4 is 10.8 Å². The molecule has 134 valence electrons. The number of nitrogens with one attached hydrogen (secondary N) is 1. The summed E-state index contributed by atoms with van der Waals surface area (Å²) >= 11 is 0. The molecule has 0 spiro atoms. The number of benzene rings is 2. The second-order valence-corrected chi connectivity index (χ2v) is 7.56. The standard InChI is InChI=1S/C22H25N3O/c1-15-5-4-6-19-20(15)11-21(23-22(19)26)17-9-7-16(8-10-17)12-25-13-18(14-25)24(2)3/h4-11,18H,12-14H2,1-3H3,(H,23,26). The highest BCUT2D eigenvalue weighted by Gasteiger charge is 2.27. The monoisotopic (exact) mass is 347 g/mol. The molecule has 0 unspecified atom stereocenters. The quantitative estimate of drug-likeness (QED) is 0.787. The molecule has 2 aromatic carbocycles. The van der Waals surface area contributed by atoms with Crippen LogP contribution in [0.2, 0.25) is 0 Å². The molecule has 4 heteroatoms. The number of pyridine rings is 1. The van der Waals surface area contributed by atoms with Crippen LogP contribution in [0.4, 0.5) is 0 Å². The lowest BCUT2D eigenvalue weighted by Crippen LogP contribution is -2.56. The van der Waals surface area contributed by atoms with Gasteiger partial charge in [0.15, 0.2) is 0 Å². The van der Waals surface area contributed by atoms with Crippen molar-refractivity contribution < 1.29 is 0 Å². The fraction of sp³-hybridized carbons (Fsp3) is 0.318. The number of aromatic nitrogens is 1. The van der Waals surface area contributed by atoms with E-state index < -0.39 is 0 Å². The number of H-pyrrole nitrogens is 1. The highest BCUT2D eigenvalue weighted by molar-refractivity contribution is 5.87. The van der Waals surface area contributed by atoms with Gasteiger partial charge in [0.1, 0.15) is 0 Å². The first kappa shape index (κ1) is 17.0. The minimum atomic E-state index is -0.0272. The predicted octanol–water partition coefficient (Wildman–Crippen LogP) is 3.25. The Labute approximate surface area is 154 Å². The molecule has 1 aromatic heterocycles. The van der Waals surface area contributed by atoms with Crippen LogP contribution < -0.4 is 5.56 Å².